The second kappa shape index (κ2) is 6.66. The second-order valence-corrected chi connectivity index (χ2v) is 5.86. The molecule has 0 saturated heterocycles. The average Bonchev–Trinajstić information content (AvgIpc) is 2.99. The van der Waals surface area contributed by atoms with Gasteiger partial charge in [0.25, 0.3) is 0 Å². The summed E-state index contributed by atoms with van der Waals surface area (Å²) in [6, 6.07) is 11.3. The molecule has 1 aromatic carbocycles. The van der Waals surface area contributed by atoms with E-state index in [2.05, 4.69) is 21.6 Å². The maximum absolute atomic E-state index is 12.7. The van der Waals surface area contributed by atoms with Crippen molar-refractivity contribution in [1.82, 2.24) is 9.97 Å². The molecule has 3 rings (SSSR count). The van der Waals surface area contributed by atoms with Crippen LogP contribution in [0.4, 0.5) is 5.69 Å². The number of aromatic nitrogens is 2. The van der Waals surface area contributed by atoms with Crippen molar-refractivity contribution in [3.05, 3.63) is 59.9 Å². The molecule has 2 N–H and O–H groups in total. The highest BCUT2D eigenvalue weighted by atomic mass is 32.2. The molecule has 22 heavy (non-hydrogen) atoms. The highest BCUT2D eigenvalue weighted by Crippen LogP contribution is 2.22. The van der Waals surface area contributed by atoms with Crippen LogP contribution in [0.15, 0.2) is 48.8 Å². The van der Waals surface area contributed by atoms with Crippen LogP contribution in [0, 0.1) is 0 Å². The lowest BCUT2D eigenvalue weighted by Crippen LogP contribution is -2.01. The van der Waals surface area contributed by atoms with Gasteiger partial charge in [0.15, 0.2) is 5.78 Å². The normalized spacial score (nSPS) is 10.8. The first kappa shape index (κ1) is 14.7. The lowest BCUT2D eigenvalue weighted by atomic mass is 10.0. The Bertz CT molecular complexity index is 797. The summed E-state index contributed by atoms with van der Waals surface area (Å²) in [5.74, 6) is 1.04. The van der Waals surface area contributed by atoms with Crippen LogP contribution in [-0.2, 0) is 0 Å². The number of carbonyl (C=O) groups is 1. The second-order valence-electron chi connectivity index (χ2n) is 4.96. The smallest absolute Gasteiger partial charge is 0.195 e. The van der Waals surface area contributed by atoms with Gasteiger partial charge in [-0.3, -0.25) is 4.79 Å². The minimum atomic E-state index is 0.00314. The number of H-pyrrole nitrogens is 1. The Hall–Kier alpha value is -2.27. The van der Waals surface area contributed by atoms with E-state index in [-0.39, 0.29) is 5.78 Å². The summed E-state index contributed by atoms with van der Waals surface area (Å²) in [6.45, 7) is 2.14. The first-order valence-electron chi connectivity index (χ1n) is 7.24. The van der Waals surface area contributed by atoms with E-state index >= 15 is 0 Å². The third-order valence-corrected chi connectivity index (χ3v) is 4.31. The van der Waals surface area contributed by atoms with E-state index in [1.165, 1.54) is 0 Å². The van der Waals surface area contributed by atoms with Crippen LogP contribution in [0.25, 0.3) is 11.0 Å². The zero-order chi connectivity index (χ0) is 15.4. The molecule has 0 fully saturated rings. The molecule has 112 valence electrons. The number of pyridine rings is 1. The van der Waals surface area contributed by atoms with Crippen molar-refractivity contribution in [2.24, 2.45) is 0 Å². The van der Waals surface area contributed by atoms with Gasteiger partial charge in [-0.2, -0.15) is 0 Å². The molecule has 5 heteroatoms. The quantitative estimate of drug-likeness (QED) is 0.405. The molecule has 0 saturated carbocycles. The Morgan fingerprint density at radius 2 is 2.23 bits per heavy atom. The number of nitrogens with zero attached hydrogens (tertiary/aromatic N) is 1. The summed E-state index contributed by atoms with van der Waals surface area (Å²) < 4.78 is 3.27. The molecule has 2 heterocycles. The minimum Gasteiger partial charge on any atom is -0.345 e. The number of anilines is 1. The number of nitrogens with one attached hydrogen (secondary N) is 2. The van der Waals surface area contributed by atoms with Crippen LogP contribution in [0.5, 0.6) is 0 Å². The number of hydrogen-bond donors (Lipinski definition) is 2. The van der Waals surface area contributed by atoms with Gasteiger partial charge in [0, 0.05) is 40.3 Å². The maximum atomic E-state index is 12.7. The SMILES string of the molecule is CCCSNc1cccc(C(=O)c2c[nH]c3ncccc23)c1. The first-order chi connectivity index (χ1) is 10.8. The van der Waals surface area contributed by atoms with E-state index in [4.69, 9.17) is 0 Å². The first-order valence-corrected chi connectivity index (χ1v) is 8.23. The molecule has 0 aliphatic rings. The maximum Gasteiger partial charge on any atom is 0.195 e. The van der Waals surface area contributed by atoms with Crippen LogP contribution < -0.4 is 4.72 Å². The van der Waals surface area contributed by atoms with Gasteiger partial charge < -0.3 is 9.71 Å². The monoisotopic (exact) mass is 311 g/mol. The fraction of sp³-hybridized carbons (Fsp3) is 0.176. The van der Waals surface area contributed by atoms with Crippen LogP contribution in [0.2, 0.25) is 0 Å². The van der Waals surface area contributed by atoms with Gasteiger partial charge in [-0.25, -0.2) is 4.98 Å². The van der Waals surface area contributed by atoms with Crippen molar-refractivity contribution in [3.63, 3.8) is 0 Å². The molecule has 0 unspecified atom stereocenters. The molecule has 0 atom stereocenters. The Morgan fingerprint density at radius 3 is 3.09 bits per heavy atom. The van der Waals surface area contributed by atoms with Crippen molar-refractivity contribution < 1.29 is 4.79 Å². The van der Waals surface area contributed by atoms with Gasteiger partial charge in [0.2, 0.25) is 0 Å². The fourth-order valence-corrected chi connectivity index (χ4v) is 2.86. The van der Waals surface area contributed by atoms with E-state index in [9.17, 15) is 4.79 Å². The molecule has 2 aromatic heterocycles. The molecule has 4 nitrogen and oxygen atoms in total. The standard InChI is InChI=1S/C17H17N3OS/c1-2-9-22-20-13-6-3-5-12(10-13)16(21)15-11-19-17-14(15)7-4-8-18-17/h3-8,10-11,20H,2,9H2,1H3,(H,18,19). The van der Waals surface area contributed by atoms with Gasteiger partial charge >= 0.3 is 0 Å². The third kappa shape index (κ3) is 2.99. The molecule has 0 aliphatic carbocycles. The lowest BCUT2D eigenvalue weighted by Gasteiger charge is -2.06. The summed E-state index contributed by atoms with van der Waals surface area (Å²) in [5.41, 5.74) is 3.01. The van der Waals surface area contributed by atoms with Crippen molar-refractivity contribution >= 4 is 34.5 Å². The lowest BCUT2D eigenvalue weighted by molar-refractivity contribution is 0.104. The van der Waals surface area contributed by atoms with Crippen LogP contribution in [0.3, 0.4) is 0 Å². The van der Waals surface area contributed by atoms with Crippen molar-refractivity contribution in [2.45, 2.75) is 13.3 Å². The van der Waals surface area contributed by atoms with Crippen molar-refractivity contribution in [2.75, 3.05) is 10.5 Å². The van der Waals surface area contributed by atoms with Gasteiger partial charge in [-0.05, 0) is 30.7 Å². The summed E-state index contributed by atoms with van der Waals surface area (Å²) in [7, 11) is 0. The summed E-state index contributed by atoms with van der Waals surface area (Å²) in [5, 5.41) is 0.853. The van der Waals surface area contributed by atoms with Crippen molar-refractivity contribution in [1.29, 1.82) is 0 Å². The molecule has 3 aromatic rings. The Labute approximate surface area is 133 Å². The molecular weight excluding hydrogens is 294 g/mol. The Kier molecular flexibility index (Phi) is 4.44. The van der Waals surface area contributed by atoms with Gasteiger partial charge in [-0.15, -0.1) is 0 Å². The molecular formula is C17H17N3OS. The number of rotatable bonds is 6. The van der Waals surface area contributed by atoms with E-state index in [0.29, 0.717) is 11.1 Å². The minimum absolute atomic E-state index is 0.00314. The van der Waals surface area contributed by atoms with E-state index in [0.717, 1.165) is 28.9 Å². The number of fused-ring (bicyclic) bond motifs is 1. The number of ketones is 1. The summed E-state index contributed by atoms with van der Waals surface area (Å²) in [4.78, 5) is 20.0. The molecule has 0 bridgehead atoms. The average molecular weight is 311 g/mol. The predicted octanol–water partition coefficient (Wildman–Crippen LogP) is 4.26. The summed E-state index contributed by atoms with van der Waals surface area (Å²) in [6.07, 6.45) is 4.55. The number of benzene rings is 1. The molecule has 0 spiro atoms. The van der Waals surface area contributed by atoms with Crippen LogP contribution >= 0.6 is 11.9 Å². The van der Waals surface area contributed by atoms with E-state index < -0.39 is 0 Å². The van der Waals surface area contributed by atoms with Crippen LogP contribution in [0.1, 0.15) is 29.3 Å². The Morgan fingerprint density at radius 1 is 1.32 bits per heavy atom. The fourth-order valence-electron chi connectivity index (χ4n) is 2.26. The van der Waals surface area contributed by atoms with Crippen LogP contribution in [-0.4, -0.2) is 21.5 Å². The predicted molar refractivity (Wildman–Crippen MR) is 92.3 cm³/mol. The third-order valence-electron chi connectivity index (χ3n) is 3.32. The Balaban J connectivity index is 1.87. The van der Waals surface area contributed by atoms with E-state index in [1.807, 2.05) is 36.4 Å². The van der Waals surface area contributed by atoms with Crippen molar-refractivity contribution in [3.8, 4) is 0 Å². The molecule has 0 aliphatic heterocycles. The number of carbonyl (C=O) groups excluding carboxylic acids is 1. The van der Waals surface area contributed by atoms with Gasteiger partial charge in [-0.1, -0.05) is 31.0 Å². The summed E-state index contributed by atoms with van der Waals surface area (Å²) >= 11 is 1.65. The topological polar surface area (TPSA) is 57.8 Å². The zero-order valence-electron chi connectivity index (χ0n) is 12.3. The zero-order valence-corrected chi connectivity index (χ0v) is 13.1. The van der Waals surface area contributed by atoms with Gasteiger partial charge in [0.1, 0.15) is 5.65 Å². The highest BCUT2D eigenvalue weighted by Gasteiger charge is 2.14. The largest absolute Gasteiger partial charge is 0.345 e. The molecule has 0 radical (unpaired) electrons. The van der Waals surface area contributed by atoms with Gasteiger partial charge in [0.05, 0.1) is 0 Å². The van der Waals surface area contributed by atoms with E-state index in [1.54, 1.807) is 24.3 Å². The number of hydrogen-bond acceptors (Lipinski definition) is 4. The number of aromatic amines is 1. The molecule has 0 amide bonds. The highest BCUT2D eigenvalue weighted by molar-refractivity contribution is 8.00.